The number of ether oxygens (including phenoxy) is 1. The molecule has 0 unspecified atom stereocenters. The number of aryl methyl sites for hydroxylation is 1. The summed E-state index contributed by atoms with van der Waals surface area (Å²) in [5.41, 5.74) is 0.978. The molecule has 1 aromatic heterocycles. The monoisotopic (exact) mass is 223 g/mol. The first kappa shape index (κ1) is 12.4. The second-order valence-electron chi connectivity index (χ2n) is 3.40. The zero-order valence-corrected chi connectivity index (χ0v) is 9.72. The molecule has 0 aliphatic carbocycles. The molecule has 0 spiro atoms. The Kier molecular flexibility index (Phi) is 4.72. The number of aromatic nitrogens is 2. The number of carbonyl (C=O) groups excluding carboxylic acids is 1. The number of hydrogen-bond donors (Lipinski definition) is 0. The van der Waals surface area contributed by atoms with Gasteiger partial charge < -0.3 is 9.64 Å². The van der Waals surface area contributed by atoms with E-state index < -0.39 is 0 Å². The van der Waals surface area contributed by atoms with Crippen molar-refractivity contribution >= 4 is 5.91 Å². The normalized spacial score (nSPS) is 10.1. The highest BCUT2D eigenvalue weighted by Gasteiger charge is 2.12. The highest BCUT2D eigenvalue weighted by molar-refractivity contribution is 5.86. The number of amides is 1. The van der Waals surface area contributed by atoms with E-state index in [1.165, 1.54) is 6.08 Å². The molecule has 0 aliphatic heterocycles. The van der Waals surface area contributed by atoms with Gasteiger partial charge in [0.05, 0.1) is 18.8 Å². The van der Waals surface area contributed by atoms with Crippen molar-refractivity contribution in [2.24, 2.45) is 7.05 Å². The molecule has 0 saturated heterocycles. The van der Waals surface area contributed by atoms with Crippen LogP contribution in [0, 0.1) is 0 Å². The largest absolute Gasteiger partial charge is 0.383 e. The molecule has 1 heterocycles. The Labute approximate surface area is 95.3 Å². The third kappa shape index (κ3) is 3.20. The number of hydrogen-bond acceptors (Lipinski definition) is 3. The summed E-state index contributed by atoms with van der Waals surface area (Å²) >= 11 is 0. The van der Waals surface area contributed by atoms with Gasteiger partial charge in [-0.3, -0.25) is 9.48 Å². The topological polar surface area (TPSA) is 47.4 Å². The van der Waals surface area contributed by atoms with Gasteiger partial charge in [-0.25, -0.2) is 0 Å². The number of methoxy groups -OCH3 is 1. The van der Waals surface area contributed by atoms with Crippen molar-refractivity contribution < 1.29 is 9.53 Å². The number of rotatable bonds is 6. The number of nitrogens with zero attached hydrogens (tertiary/aromatic N) is 3. The highest BCUT2D eigenvalue weighted by atomic mass is 16.5. The summed E-state index contributed by atoms with van der Waals surface area (Å²) in [6.07, 6.45) is 3.02. The molecule has 0 atom stereocenters. The van der Waals surface area contributed by atoms with Gasteiger partial charge in [-0.1, -0.05) is 6.58 Å². The van der Waals surface area contributed by atoms with E-state index in [1.54, 1.807) is 22.9 Å². The number of carbonyl (C=O) groups is 1. The summed E-state index contributed by atoms with van der Waals surface area (Å²) in [5, 5.41) is 4.06. The van der Waals surface area contributed by atoms with Gasteiger partial charge in [0.25, 0.3) is 0 Å². The molecule has 0 N–H and O–H groups in total. The van der Waals surface area contributed by atoms with Crippen LogP contribution in [0.4, 0.5) is 0 Å². The van der Waals surface area contributed by atoms with Crippen molar-refractivity contribution in [1.29, 1.82) is 0 Å². The van der Waals surface area contributed by atoms with E-state index in [-0.39, 0.29) is 5.91 Å². The van der Waals surface area contributed by atoms with Crippen LogP contribution in [0.3, 0.4) is 0 Å². The maximum Gasteiger partial charge on any atom is 0.246 e. The first-order chi connectivity index (χ1) is 7.69. The van der Waals surface area contributed by atoms with Crippen molar-refractivity contribution in [2.75, 3.05) is 20.3 Å². The molecule has 5 nitrogen and oxygen atoms in total. The minimum absolute atomic E-state index is 0.0988. The van der Waals surface area contributed by atoms with E-state index in [4.69, 9.17) is 4.74 Å². The Morgan fingerprint density at radius 1 is 1.75 bits per heavy atom. The summed E-state index contributed by atoms with van der Waals surface area (Å²) < 4.78 is 6.71. The summed E-state index contributed by atoms with van der Waals surface area (Å²) in [5.74, 6) is -0.0988. The van der Waals surface area contributed by atoms with Crippen LogP contribution in [0.5, 0.6) is 0 Å². The maximum atomic E-state index is 11.6. The fraction of sp³-hybridized carbons (Fsp3) is 0.455. The molecule has 1 rings (SSSR count). The van der Waals surface area contributed by atoms with Gasteiger partial charge in [0.1, 0.15) is 0 Å². The van der Waals surface area contributed by atoms with Crippen LogP contribution in [-0.2, 0) is 23.1 Å². The Morgan fingerprint density at radius 3 is 3.00 bits per heavy atom. The van der Waals surface area contributed by atoms with Crippen LogP contribution in [0.15, 0.2) is 24.9 Å². The fourth-order valence-corrected chi connectivity index (χ4v) is 1.35. The minimum Gasteiger partial charge on any atom is -0.383 e. The Hall–Kier alpha value is -1.62. The first-order valence-electron chi connectivity index (χ1n) is 5.06. The Balaban J connectivity index is 2.66. The van der Waals surface area contributed by atoms with Crippen LogP contribution < -0.4 is 0 Å². The highest BCUT2D eigenvalue weighted by Crippen LogP contribution is 2.03. The van der Waals surface area contributed by atoms with Crippen molar-refractivity contribution in [3.63, 3.8) is 0 Å². The first-order valence-corrected chi connectivity index (χ1v) is 5.06. The predicted molar refractivity (Wildman–Crippen MR) is 60.7 cm³/mol. The van der Waals surface area contributed by atoms with E-state index in [0.717, 1.165) is 5.69 Å². The zero-order valence-electron chi connectivity index (χ0n) is 9.72. The average Bonchev–Trinajstić information content (AvgIpc) is 2.69. The smallest absolute Gasteiger partial charge is 0.246 e. The van der Waals surface area contributed by atoms with Gasteiger partial charge in [-0.2, -0.15) is 5.10 Å². The molecule has 1 amide bonds. The van der Waals surface area contributed by atoms with Crippen LogP contribution in [0.1, 0.15) is 5.69 Å². The quantitative estimate of drug-likeness (QED) is 0.663. The van der Waals surface area contributed by atoms with Gasteiger partial charge in [0.15, 0.2) is 0 Å². The van der Waals surface area contributed by atoms with Crippen molar-refractivity contribution in [1.82, 2.24) is 14.7 Å². The fourth-order valence-electron chi connectivity index (χ4n) is 1.35. The minimum atomic E-state index is -0.0988. The lowest BCUT2D eigenvalue weighted by atomic mass is 10.3. The molecule has 16 heavy (non-hydrogen) atoms. The van der Waals surface area contributed by atoms with Crippen LogP contribution in [0.2, 0.25) is 0 Å². The molecular formula is C11H17N3O2. The third-order valence-electron chi connectivity index (χ3n) is 2.33. The molecule has 0 aromatic carbocycles. The Morgan fingerprint density at radius 2 is 2.50 bits per heavy atom. The van der Waals surface area contributed by atoms with Gasteiger partial charge in [0.2, 0.25) is 5.91 Å². The zero-order chi connectivity index (χ0) is 12.0. The molecule has 0 fully saturated rings. The van der Waals surface area contributed by atoms with Crippen LogP contribution in [0.25, 0.3) is 0 Å². The molecule has 0 aliphatic rings. The van der Waals surface area contributed by atoms with E-state index in [0.29, 0.717) is 19.7 Å². The van der Waals surface area contributed by atoms with Crippen LogP contribution in [-0.4, -0.2) is 40.8 Å². The average molecular weight is 223 g/mol. The summed E-state index contributed by atoms with van der Waals surface area (Å²) in [7, 11) is 3.46. The lowest BCUT2D eigenvalue weighted by molar-refractivity contribution is -0.127. The SMILES string of the molecule is C=CC(=O)N(CCOC)Cc1ccnn1C. The van der Waals surface area contributed by atoms with Gasteiger partial charge in [0, 0.05) is 26.9 Å². The van der Waals surface area contributed by atoms with Gasteiger partial charge >= 0.3 is 0 Å². The summed E-state index contributed by atoms with van der Waals surface area (Å²) in [6.45, 7) is 5.06. The molecule has 88 valence electrons. The van der Waals surface area contributed by atoms with E-state index >= 15 is 0 Å². The Bertz CT molecular complexity index is 360. The van der Waals surface area contributed by atoms with Crippen LogP contribution >= 0.6 is 0 Å². The van der Waals surface area contributed by atoms with E-state index in [9.17, 15) is 4.79 Å². The molecular weight excluding hydrogens is 206 g/mol. The van der Waals surface area contributed by atoms with E-state index in [1.807, 2.05) is 13.1 Å². The maximum absolute atomic E-state index is 11.6. The molecule has 5 heteroatoms. The lowest BCUT2D eigenvalue weighted by Gasteiger charge is -2.20. The summed E-state index contributed by atoms with van der Waals surface area (Å²) in [6, 6.07) is 1.89. The van der Waals surface area contributed by atoms with Gasteiger partial charge in [-0.05, 0) is 12.1 Å². The second-order valence-corrected chi connectivity index (χ2v) is 3.40. The van der Waals surface area contributed by atoms with Crippen molar-refractivity contribution in [3.05, 3.63) is 30.6 Å². The summed E-state index contributed by atoms with van der Waals surface area (Å²) in [4.78, 5) is 13.3. The lowest BCUT2D eigenvalue weighted by Crippen LogP contribution is -2.32. The van der Waals surface area contributed by atoms with Crippen molar-refractivity contribution in [3.8, 4) is 0 Å². The van der Waals surface area contributed by atoms with Crippen molar-refractivity contribution in [2.45, 2.75) is 6.54 Å². The van der Waals surface area contributed by atoms with E-state index in [2.05, 4.69) is 11.7 Å². The molecule has 0 radical (unpaired) electrons. The van der Waals surface area contributed by atoms with Gasteiger partial charge in [-0.15, -0.1) is 0 Å². The molecule has 0 saturated carbocycles. The standard InChI is InChI=1S/C11H17N3O2/c1-4-11(15)14(7-8-16-3)9-10-5-6-12-13(10)2/h4-6H,1,7-9H2,2-3H3. The molecule has 1 aromatic rings. The molecule has 0 bridgehead atoms. The second kappa shape index (κ2) is 6.07. The third-order valence-corrected chi connectivity index (χ3v) is 2.33. The predicted octanol–water partition coefficient (Wildman–Crippen LogP) is 0.581.